The molecule has 0 spiro atoms. The number of hydrogen-bond acceptors (Lipinski definition) is 1. The third-order valence-electron chi connectivity index (χ3n) is 1.39. The fourth-order valence-corrected chi connectivity index (χ4v) is 1.00. The molecule has 0 bridgehead atoms. The second-order valence-electron chi connectivity index (χ2n) is 2.26. The summed E-state index contributed by atoms with van der Waals surface area (Å²) >= 11 is 5.43. The average molecular weight is 199 g/mol. The molecular weight excluding hydrogens is 193 g/mol. The van der Waals surface area contributed by atoms with E-state index < -0.39 is 12.2 Å². The number of alkyl halides is 3. The van der Waals surface area contributed by atoms with Crippen molar-refractivity contribution in [3.05, 3.63) is 23.0 Å². The molecule has 1 unspecified atom stereocenters. The normalized spacial score (nSPS) is 14.8. The minimum atomic E-state index is -4.46. The maximum absolute atomic E-state index is 12.0. The summed E-state index contributed by atoms with van der Waals surface area (Å²) in [4.78, 5) is 2.33. The Morgan fingerprint density at radius 2 is 2.08 bits per heavy atom. The van der Waals surface area contributed by atoms with Gasteiger partial charge in [-0.05, 0) is 6.07 Å². The molecule has 0 saturated carbocycles. The van der Waals surface area contributed by atoms with Crippen LogP contribution in [0, 0.1) is 0 Å². The minimum absolute atomic E-state index is 0.000162. The zero-order valence-electron chi connectivity index (χ0n) is 5.82. The molecule has 6 heteroatoms. The Bertz CT molecular complexity index is 268. The molecule has 3 N–H and O–H groups in total. The number of aromatic nitrogens is 1. The maximum Gasteiger partial charge on any atom is 0.409 e. The van der Waals surface area contributed by atoms with E-state index >= 15 is 0 Å². The van der Waals surface area contributed by atoms with Gasteiger partial charge >= 0.3 is 6.18 Å². The van der Waals surface area contributed by atoms with Crippen molar-refractivity contribution in [2.45, 2.75) is 12.2 Å². The highest BCUT2D eigenvalue weighted by Gasteiger charge is 2.39. The third-order valence-corrected chi connectivity index (χ3v) is 1.72. The van der Waals surface area contributed by atoms with Crippen molar-refractivity contribution < 1.29 is 13.2 Å². The first kappa shape index (κ1) is 9.41. The number of nitrogens with two attached hydrogens (primary N) is 1. The lowest BCUT2D eigenvalue weighted by Gasteiger charge is -2.14. The largest absolute Gasteiger partial charge is 0.409 e. The van der Waals surface area contributed by atoms with Crippen molar-refractivity contribution in [2.75, 3.05) is 0 Å². The van der Waals surface area contributed by atoms with E-state index in [1.165, 1.54) is 12.3 Å². The van der Waals surface area contributed by atoms with Gasteiger partial charge in [-0.15, -0.1) is 0 Å². The first-order chi connectivity index (χ1) is 5.43. The highest BCUT2D eigenvalue weighted by atomic mass is 35.5. The molecule has 0 saturated heterocycles. The van der Waals surface area contributed by atoms with Crippen LogP contribution in [0.1, 0.15) is 11.7 Å². The van der Waals surface area contributed by atoms with E-state index in [0.29, 0.717) is 0 Å². The standard InChI is InChI=1S/C6H6ClF3N2/c7-3-1-2-12-4(3)5(11)6(8,9)10/h1-2,5,12H,11H2. The van der Waals surface area contributed by atoms with Crippen molar-refractivity contribution in [2.24, 2.45) is 5.73 Å². The summed E-state index contributed by atoms with van der Waals surface area (Å²) in [6.07, 6.45) is -3.16. The van der Waals surface area contributed by atoms with E-state index in [-0.39, 0.29) is 10.7 Å². The lowest BCUT2D eigenvalue weighted by atomic mass is 10.2. The molecule has 1 rings (SSSR count). The van der Waals surface area contributed by atoms with Gasteiger partial charge in [0.05, 0.1) is 10.7 Å². The number of hydrogen-bond donors (Lipinski definition) is 2. The molecule has 1 aromatic rings. The molecule has 0 aliphatic rings. The molecule has 1 heterocycles. The number of rotatable bonds is 1. The van der Waals surface area contributed by atoms with Crippen molar-refractivity contribution in [3.8, 4) is 0 Å². The fraction of sp³-hybridized carbons (Fsp3) is 0.333. The average Bonchev–Trinajstić information content (AvgIpc) is 2.31. The number of H-pyrrole nitrogens is 1. The highest BCUT2D eigenvalue weighted by molar-refractivity contribution is 6.31. The van der Waals surface area contributed by atoms with Gasteiger partial charge in [0.15, 0.2) is 0 Å². The quantitative estimate of drug-likeness (QED) is 0.714. The Kier molecular flexibility index (Phi) is 2.34. The smallest absolute Gasteiger partial charge is 0.362 e. The maximum atomic E-state index is 12.0. The van der Waals surface area contributed by atoms with Gasteiger partial charge in [-0.2, -0.15) is 13.2 Å². The Labute approximate surface area is 71.5 Å². The van der Waals surface area contributed by atoms with Gasteiger partial charge in [-0.1, -0.05) is 11.6 Å². The molecule has 0 amide bonds. The summed E-state index contributed by atoms with van der Waals surface area (Å²) < 4.78 is 36.0. The molecular formula is C6H6ClF3N2. The Balaban J connectivity index is 2.92. The Hall–Kier alpha value is -0.680. The fourth-order valence-electron chi connectivity index (χ4n) is 0.765. The predicted octanol–water partition coefficient (Wildman–Crippen LogP) is 2.23. The second kappa shape index (κ2) is 2.99. The van der Waals surface area contributed by atoms with Gasteiger partial charge in [0.1, 0.15) is 6.04 Å². The molecule has 12 heavy (non-hydrogen) atoms. The van der Waals surface area contributed by atoms with Crippen LogP contribution in [-0.4, -0.2) is 11.2 Å². The second-order valence-corrected chi connectivity index (χ2v) is 2.67. The van der Waals surface area contributed by atoms with E-state index in [4.69, 9.17) is 17.3 Å². The van der Waals surface area contributed by atoms with Crippen LogP contribution in [0.25, 0.3) is 0 Å². The number of halogens is 4. The summed E-state index contributed by atoms with van der Waals surface area (Å²) in [7, 11) is 0. The predicted molar refractivity (Wildman–Crippen MR) is 38.8 cm³/mol. The summed E-state index contributed by atoms with van der Waals surface area (Å²) in [5, 5.41) is -0.000162. The first-order valence-electron chi connectivity index (χ1n) is 3.08. The molecule has 1 aromatic heterocycles. The molecule has 1 atom stereocenters. The summed E-state index contributed by atoms with van der Waals surface area (Å²) in [6.45, 7) is 0. The monoisotopic (exact) mass is 198 g/mol. The van der Waals surface area contributed by atoms with Crippen LogP contribution >= 0.6 is 11.6 Å². The number of aromatic amines is 1. The van der Waals surface area contributed by atoms with Crippen LogP contribution in [0.5, 0.6) is 0 Å². The molecule has 68 valence electrons. The lowest BCUT2D eigenvalue weighted by molar-refractivity contribution is -0.149. The third kappa shape index (κ3) is 1.73. The van der Waals surface area contributed by atoms with E-state index in [1.54, 1.807) is 0 Å². The van der Waals surface area contributed by atoms with Gasteiger partial charge in [-0.3, -0.25) is 0 Å². The zero-order chi connectivity index (χ0) is 9.35. The van der Waals surface area contributed by atoms with Crippen molar-refractivity contribution in [1.82, 2.24) is 4.98 Å². The summed E-state index contributed by atoms with van der Waals surface area (Å²) in [5.74, 6) is 0. The van der Waals surface area contributed by atoms with Crippen molar-refractivity contribution >= 4 is 11.6 Å². The Morgan fingerprint density at radius 3 is 2.42 bits per heavy atom. The number of nitrogens with one attached hydrogen (secondary N) is 1. The van der Waals surface area contributed by atoms with E-state index in [2.05, 4.69) is 4.98 Å². The molecule has 0 fully saturated rings. The lowest BCUT2D eigenvalue weighted by Crippen LogP contribution is -2.28. The molecule has 0 radical (unpaired) electrons. The molecule has 2 nitrogen and oxygen atoms in total. The molecule has 0 aromatic carbocycles. The van der Waals surface area contributed by atoms with Crippen LogP contribution in [-0.2, 0) is 0 Å². The highest BCUT2D eigenvalue weighted by Crippen LogP contribution is 2.32. The van der Waals surface area contributed by atoms with Crippen LogP contribution in [0.15, 0.2) is 12.3 Å². The van der Waals surface area contributed by atoms with Gasteiger partial charge in [0, 0.05) is 6.20 Å². The van der Waals surface area contributed by atoms with Crippen molar-refractivity contribution in [3.63, 3.8) is 0 Å². The first-order valence-corrected chi connectivity index (χ1v) is 3.46. The van der Waals surface area contributed by atoms with E-state index in [9.17, 15) is 13.2 Å². The van der Waals surface area contributed by atoms with Crippen LogP contribution in [0.3, 0.4) is 0 Å². The Morgan fingerprint density at radius 1 is 1.50 bits per heavy atom. The summed E-state index contributed by atoms with van der Waals surface area (Å²) in [5.41, 5.74) is 4.67. The molecule has 0 aliphatic carbocycles. The van der Waals surface area contributed by atoms with E-state index in [1.807, 2.05) is 0 Å². The van der Waals surface area contributed by atoms with Gasteiger partial charge in [0.2, 0.25) is 0 Å². The van der Waals surface area contributed by atoms with E-state index in [0.717, 1.165) is 0 Å². The van der Waals surface area contributed by atoms with Crippen LogP contribution in [0.2, 0.25) is 5.02 Å². The minimum Gasteiger partial charge on any atom is -0.362 e. The van der Waals surface area contributed by atoms with Gasteiger partial charge in [-0.25, -0.2) is 0 Å². The van der Waals surface area contributed by atoms with Crippen LogP contribution in [0.4, 0.5) is 13.2 Å². The van der Waals surface area contributed by atoms with Crippen molar-refractivity contribution in [1.29, 1.82) is 0 Å². The zero-order valence-corrected chi connectivity index (χ0v) is 6.58. The van der Waals surface area contributed by atoms with Crippen LogP contribution < -0.4 is 5.73 Å². The van der Waals surface area contributed by atoms with Gasteiger partial charge < -0.3 is 10.7 Å². The summed E-state index contributed by atoms with van der Waals surface area (Å²) in [6, 6.07) is -0.720. The topological polar surface area (TPSA) is 41.8 Å². The SMILES string of the molecule is NC(c1[nH]ccc1Cl)C(F)(F)F. The molecule has 0 aliphatic heterocycles. The van der Waals surface area contributed by atoms with Gasteiger partial charge in [0.25, 0.3) is 0 Å².